The first-order valence-corrected chi connectivity index (χ1v) is 17.4. The quantitative estimate of drug-likeness (QED) is 0.205. The van der Waals surface area contributed by atoms with Crippen LogP contribution in [0.5, 0.6) is 0 Å². The summed E-state index contributed by atoms with van der Waals surface area (Å²) < 4.78 is 27.8. The van der Waals surface area contributed by atoms with Gasteiger partial charge in [-0.15, -0.1) is 0 Å². The minimum absolute atomic E-state index is 0.130. The molecule has 0 bridgehead atoms. The highest BCUT2D eigenvalue weighted by molar-refractivity contribution is 7.98. The van der Waals surface area contributed by atoms with Crippen molar-refractivity contribution >= 4 is 29.5 Å². The van der Waals surface area contributed by atoms with Crippen molar-refractivity contribution in [2.75, 3.05) is 38.2 Å². The third-order valence-electron chi connectivity index (χ3n) is 7.67. The lowest BCUT2D eigenvalue weighted by Gasteiger charge is -2.35. The second-order valence-electron chi connectivity index (χ2n) is 12.4. The van der Waals surface area contributed by atoms with Crippen molar-refractivity contribution in [1.29, 1.82) is 0 Å². The molecule has 10 heteroatoms. The molecule has 3 N–H and O–H groups in total. The summed E-state index contributed by atoms with van der Waals surface area (Å²) >= 11 is 1.58. The molecule has 2 unspecified atom stereocenters. The molecule has 2 rings (SSSR count). The first-order valence-electron chi connectivity index (χ1n) is 16.0. The normalized spacial score (nSPS) is 13.3. The number of carbonyl (C=O) groups excluding carboxylic acids is 3. The van der Waals surface area contributed by atoms with Crippen molar-refractivity contribution in [3.8, 4) is 0 Å². The highest BCUT2D eigenvalue weighted by Gasteiger charge is 2.33. The number of aryl methyl sites for hydroxylation is 1. The molecule has 0 saturated carbocycles. The maximum atomic E-state index is 14.4. The third kappa shape index (κ3) is 12.0. The Morgan fingerprint density at radius 1 is 0.911 bits per heavy atom. The standard InChI is InChI=1S/C35H52F2N4O3S/c1-8-11-40(12-9-2)34(43)27-14-24(5)15-28(19-27)35(44)41(32(10-13-45-7)33(42)39-21-23(3)4)22-25(6)31(38)18-26-16-29(36)20-30(37)17-26/h14-17,19-20,23,25,31-32H,8-13,18,21-22,38H2,1-7H3,(H,39,42)/t25?,31?,32-/m0/s1. The van der Waals surface area contributed by atoms with E-state index in [2.05, 4.69) is 5.32 Å². The molecule has 0 aliphatic carbocycles. The molecule has 2 aromatic carbocycles. The van der Waals surface area contributed by atoms with Crippen molar-refractivity contribution in [2.24, 2.45) is 17.6 Å². The molecule has 0 heterocycles. The van der Waals surface area contributed by atoms with Gasteiger partial charge in [0, 0.05) is 49.4 Å². The van der Waals surface area contributed by atoms with Gasteiger partial charge in [0.1, 0.15) is 17.7 Å². The van der Waals surface area contributed by atoms with E-state index < -0.39 is 23.7 Å². The Hall–Kier alpha value is -2.98. The number of amides is 3. The lowest BCUT2D eigenvalue weighted by Crippen LogP contribution is -2.53. The van der Waals surface area contributed by atoms with Crippen LogP contribution in [0.25, 0.3) is 0 Å². The SMILES string of the molecule is CCCN(CCC)C(=O)c1cc(C)cc(C(=O)N(CC(C)C(N)Cc2cc(F)cc(F)c2)[C@@H](CCSC)C(=O)NCC(C)C)c1. The van der Waals surface area contributed by atoms with Gasteiger partial charge in [-0.25, -0.2) is 8.78 Å². The van der Waals surface area contributed by atoms with Crippen LogP contribution in [0.1, 0.15) is 85.7 Å². The molecule has 0 aromatic heterocycles. The van der Waals surface area contributed by atoms with Crippen molar-refractivity contribution in [3.05, 3.63) is 70.3 Å². The molecule has 0 spiro atoms. The molecule has 0 aliphatic heterocycles. The molecule has 3 atom stereocenters. The highest BCUT2D eigenvalue weighted by atomic mass is 32.2. The van der Waals surface area contributed by atoms with Crippen LogP contribution >= 0.6 is 11.8 Å². The van der Waals surface area contributed by atoms with Crippen LogP contribution in [0.15, 0.2) is 36.4 Å². The van der Waals surface area contributed by atoms with Crippen molar-refractivity contribution < 1.29 is 23.2 Å². The third-order valence-corrected chi connectivity index (χ3v) is 8.32. The zero-order valence-corrected chi connectivity index (χ0v) is 28.8. The summed E-state index contributed by atoms with van der Waals surface area (Å²) in [7, 11) is 0. The number of rotatable bonds is 18. The maximum absolute atomic E-state index is 14.4. The Labute approximate surface area is 272 Å². The van der Waals surface area contributed by atoms with Crippen LogP contribution in [0, 0.1) is 30.4 Å². The van der Waals surface area contributed by atoms with E-state index in [9.17, 15) is 23.2 Å². The van der Waals surface area contributed by atoms with Crippen LogP contribution in [0.3, 0.4) is 0 Å². The van der Waals surface area contributed by atoms with Crippen molar-refractivity contribution in [3.63, 3.8) is 0 Å². The summed E-state index contributed by atoms with van der Waals surface area (Å²) in [6.07, 6.45) is 4.20. The molecular formula is C35H52F2N4O3S. The molecular weight excluding hydrogens is 594 g/mol. The van der Waals surface area contributed by atoms with Gasteiger partial charge in [0.2, 0.25) is 5.91 Å². The zero-order chi connectivity index (χ0) is 33.7. The van der Waals surface area contributed by atoms with Gasteiger partial charge < -0.3 is 20.9 Å². The Morgan fingerprint density at radius 3 is 2.02 bits per heavy atom. The molecule has 250 valence electrons. The summed E-state index contributed by atoms with van der Waals surface area (Å²) in [5, 5.41) is 3.00. The second kappa shape index (κ2) is 18.9. The smallest absolute Gasteiger partial charge is 0.254 e. The predicted octanol–water partition coefficient (Wildman–Crippen LogP) is 6.08. The van der Waals surface area contributed by atoms with Gasteiger partial charge in [0.25, 0.3) is 11.8 Å². The van der Waals surface area contributed by atoms with E-state index in [-0.39, 0.29) is 42.5 Å². The summed E-state index contributed by atoms with van der Waals surface area (Å²) in [6.45, 7) is 13.6. The number of carbonyl (C=O) groups is 3. The number of nitrogens with one attached hydrogen (secondary N) is 1. The number of thioether (sulfide) groups is 1. The number of nitrogens with two attached hydrogens (primary N) is 1. The van der Waals surface area contributed by atoms with E-state index in [1.54, 1.807) is 39.8 Å². The fourth-order valence-electron chi connectivity index (χ4n) is 5.31. The van der Waals surface area contributed by atoms with Gasteiger partial charge in [0.05, 0.1) is 0 Å². The van der Waals surface area contributed by atoms with E-state index >= 15 is 0 Å². The minimum atomic E-state index is -0.777. The largest absolute Gasteiger partial charge is 0.354 e. The van der Waals surface area contributed by atoms with Gasteiger partial charge in [-0.05, 0) is 97.9 Å². The summed E-state index contributed by atoms with van der Waals surface area (Å²) in [5.74, 6) is -1.57. The van der Waals surface area contributed by atoms with Crippen LogP contribution in [0.2, 0.25) is 0 Å². The van der Waals surface area contributed by atoms with Gasteiger partial charge in [-0.1, -0.05) is 34.6 Å². The van der Waals surface area contributed by atoms with E-state index in [0.717, 1.165) is 24.5 Å². The van der Waals surface area contributed by atoms with Gasteiger partial charge in [-0.3, -0.25) is 14.4 Å². The number of halogens is 2. The molecule has 0 saturated heterocycles. The fourth-order valence-corrected chi connectivity index (χ4v) is 5.77. The molecule has 45 heavy (non-hydrogen) atoms. The average Bonchev–Trinajstić information content (AvgIpc) is 2.97. The van der Waals surface area contributed by atoms with Crippen LogP contribution in [-0.2, 0) is 11.2 Å². The van der Waals surface area contributed by atoms with E-state index in [4.69, 9.17) is 5.73 Å². The first kappa shape index (κ1) is 38.2. The summed E-state index contributed by atoms with van der Waals surface area (Å²) in [5.41, 5.74) is 8.49. The van der Waals surface area contributed by atoms with E-state index in [0.29, 0.717) is 48.5 Å². The number of nitrogens with zero attached hydrogens (tertiary/aromatic N) is 2. The molecule has 0 aliphatic rings. The topological polar surface area (TPSA) is 95.7 Å². The maximum Gasteiger partial charge on any atom is 0.254 e. The lowest BCUT2D eigenvalue weighted by molar-refractivity contribution is -0.126. The Balaban J connectivity index is 2.52. The molecule has 3 amide bonds. The number of hydrogen-bond acceptors (Lipinski definition) is 5. The summed E-state index contributed by atoms with van der Waals surface area (Å²) in [6, 6.07) is 7.16. The van der Waals surface area contributed by atoms with Crippen molar-refractivity contribution in [2.45, 2.75) is 79.3 Å². The zero-order valence-electron chi connectivity index (χ0n) is 28.0. The van der Waals surface area contributed by atoms with E-state index in [1.165, 1.54) is 12.1 Å². The van der Waals surface area contributed by atoms with Crippen LogP contribution in [-0.4, -0.2) is 77.8 Å². The minimum Gasteiger partial charge on any atom is -0.354 e. The Kier molecular flexibility index (Phi) is 16.0. The van der Waals surface area contributed by atoms with Crippen molar-refractivity contribution in [1.82, 2.24) is 15.1 Å². The van der Waals surface area contributed by atoms with E-state index in [1.807, 2.05) is 47.8 Å². The van der Waals surface area contributed by atoms with Crippen LogP contribution in [0.4, 0.5) is 8.78 Å². The number of benzene rings is 2. The first-order chi connectivity index (χ1) is 21.3. The van der Waals surface area contributed by atoms with Crippen LogP contribution < -0.4 is 11.1 Å². The predicted molar refractivity (Wildman–Crippen MR) is 181 cm³/mol. The second-order valence-corrected chi connectivity index (χ2v) is 13.4. The average molecular weight is 647 g/mol. The molecule has 2 aromatic rings. The Bertz CT molecular complexity index is 1250. The summed E-state index contributed by atoms with van der Waals surface area (Å²) in [4.78, 5) is 44.9. The monoisotopic (exact) mass is 646 g/mol. The number of hydrogen-bond donors (Lipinski definition) is 2. The fraction of sp³-hybridized carbons (Fsp3) is 0.571. The highest BCUT2D eigenvalue weighted by Crippen LogP contribution is 2.22. The Morgan fingerprint density at radius 2 is 1.49 bits per heavy atom. The van der Waals surface area contributed by atoms with Gasteiger partial charge >= 0.3 is 0 Å². The van der Waals surface area contributed by atoms with Gasteiger partial charge in [-0.2, -0.15) is 11.8 Å². The van der Waals surface area contributed by atoms with Gasteiger partial charge in [0.15, 0.2) is 0 Å². The molecule has 0 fully saturated rings. The molecule has 7 nitrogen and oxygen atoms in total. The lowest BCUT2D eigenvalue weighted by atomic mass is 9.93. The molecule has 0 radical (unpaired) electrons.